The van der Waals surface area contributed by atoms with Crippen molar-refractivity contribution >= 4 is 0 Å². The molecule has 0 spiro atoms. The fourth-order valence-corrected chi connectivity index (χ4v) is 1.83. The molecule has 5 heteroatoms. The molecule has 0 aliphatic carbocycles. The van der Waals surface area contributed by atoms with Gasteiger partial charge in [0.1, 0.15) is 18.6 Å². The van der Waals surface area contributed by atoms with Crippen LogP contribution < -0.4 is 4.74 Å². The monoisotopic (exact) mass is 287 g/mol. The van der Waals surface area contributed by atoms with Gasteiger partial charge in [0.05, 0.1) is 0 Å². The highest BCUT2D eigenvalue weighted by atomic mass is 19.2. The van der Waals surface area contributed by atoms with E-state index < -0.39 is 11.6 Å². The van der Waals surface area contributed by atoms with Gasteiger partial charge in [0.25, 0.3) is 0 Å². The standard InChI is InChI=1S/C16H11F2NO2/c17-13-7-4-8-14(15(13)18)20-9-12-10-21-16(19-12)11-5-2-1-3-6-11/h1-8,10H,9H2. The van der Waals surface area contributed by atoms with E-state index in [9.17, 15) is 8.78 Å². The van der Waals surface area contributed by atoms with Crippen molar-refractivity contribution in [3.8, 4) is 17.2 Å². The predicted molar refractivity (Wildman–Crippen MR) is 72.6 cm³/mol. The second-order valence-electron chi connectivity index (χ2n) is 4.35. The number of aromatic nitrogens is 1. The third-order valence-electron chi connectivity index (χ3n) is 2.86. The van der Waals surface area contributed by atoms with Crippen molar-refractivity contribution in [1.29, 1.82) is 0 Å². The molecular formula is C16H11F2NO2. The lowest BCUT2D eigenvalue weighted by molar-refractivity contribution is 0.280. The highest BCUT2D eigenvalue weighted by Gasteiger charge is 2.11. The average molecular weight is 287 g/mol. The quantitative estimate of drug-likeness (QED) is 0.721. The van der Waals surface area contributed by atoms with Crippen molar-refractivity contribution in [2.24, 2.45) is 0 Å². The lowest BCUT2D eigenvalue weighted by atomic mass is 10.2. The minimum absolute atomic E-state index is 0.00327. The second-order valence-corrected chi connectivity index (χ2v) is 4.35. The zero-order valence-corrected chi connectivity index (χ0v) is 10.9. The largest absolute Gasteiger partial charge is 0.484 e. The number of rotatable bonds is 4. The first kappa shape index (κ1) is 13.3. The number of oxazole rings is 1. The van der Waals surface area contributed by atoms with Gasteiger partial charge in [-0.25, -0.2) is 9.37 Å². The minimum Gasteiger partial charge on any atom is -0.484 e. The van der Waals surface area contributed by atoms with Crippen LogP contribution in [0, 0.1) is 11.6 Å². The molecular weight excluding hydrogens is 276 g/mol. The van der Waals surface area contributed by atoms with Crippen LogP contribution in [0.3, 0.4) is 0 Å². The molecule has 0 amide bonds. The highest BCUT2D eigenvalue weighted by Crippen LogP contribution is 2.22. The van der Waals surface area contributed by atoms with Crippen molar-refractivity contribution in [3.05, 3.63) is 72.1 Å². The van der Waals surface area contributed by atoms with Crippen LogP contribution >= 0.6 is 0 Å². The van der Waals surface area contributed by atoms with Crippen molar-refractivity contribution in [2.75, 3.05) is 0 Å². The number of halogens is 2. The Morgan fingerprint density at radius 2 is 1.81 bits per heavy atom. The van der Waals surface area contributed by atoms with Crippen LogP contribution in [0.5, 0.6) is 5.75 Å². The summed E-state index contributed by atoms with van der Waals surface area (Å²) in [6.45, 7) is -0.00327. The molecule has 3 rings (SSSR count). The molecule has 0 saturated heterocycles. The summed E-state index contributed by atoms with van der Waals surface area (Å²) in [6.07, 6.45) is 1.43. The summed E-state index contributed by atoms with van der Waals surface area (Å²) >= 11 is 0. The van der Waals surface area contributed by atoms with Crippen LogP contribution in [-0.2, 0) is 6.61 Å². The average Bonchev–Trinajstić information content (AvgIpc) is 2.99. The minimum atomic E-state index is -1.01. The van der Waals surface area contributed by atoms with Gasteiger partial charge in [0.2, 0.25) is 11.7 Å². The zero-order valence-electron chi connectivity index (χ0n) is 10.9. The Balaban J connectivity index is 1.72. The summed E-state index contributed by atoms with van der Waals surface area (Å²) in [7, 11) is 0. The number of nitrogens with zero attached hydrogens (tertiary/aromatic N) is 1. The van der Waals surface area contributed by atoms with E-state index in [1.807, 2.05) is 30.3 Å². The van der Waals surface area contributed by atoms with Crippen LogP contribution in [0.1, 0.15) is 5.69 Å². The van der Waals surface area contributed by atoms with Gasteiger partial charge in [-0.05, 0) is 24.3 Å². The van der Waals surface area contributed by atoms with Crippen LogP contribution in [0.2, 0.25) is 0 Å². The maximum atomic E-state index is 13.4. The number of benzene rings is 2. The van der Waals surface area contributed by atoms with E-state index in [1.165, 1.54) is 18.4 Å². The maximum absolute atomic E-state index is 13.4. The molecule has 0 atom stereocenters. The SMILES string of the molecule is Fc1cccc(OCc2coc(-c3ccccc3)n2)c1F. The molecule has 0 bridgehead atoms. The summed E-state index contributed by atoms with van der Waals surface area (Å²) in [5, 5.41) is 0. The Morgan fingerprint density at radius 3 is 2.62 bits per heavy atom. The van der Waals surface area contributed by atoms with E-state index in [1.54, 1.807) is 0 Å². The van der Waals surface area contributed by atoms with E-state index in [0.29, 0.717) is 11.6 Å². The third kappa shape index (κ3) is 2.91. The van der Waals surface area contributed by atoms with E-state index >= 15 is 0 Å². The lowest BCUT2D eigenvalue weighted by Crippen LogP contribution is -1.99. The van der Waals surface area contributed by atoms with E-state index in [-0.39, 0.29) is 12.4 Å². The van der Waals surface area contributed by atoms with E-state index in [2.05, 4.69) is 4.98 Å². The molecule has 21 heavy (non-hydrogen) atoms. The van der Waals surface area contributed by atoms with Gasteiger partial charge in [-0.3, -0.25) is 0 Å². The third-order valence-corrected chi connectivity index (χ3v) is 2.86. The van der Waals surface area contributed by atoms with Gasteiger partial charge >= 0.3 is 0 Å². The fraction of sp³-hybridized carbons (Fsp3) is 0.0625. The topological polar surface area (TPSA) is 35.3 Å². The first-order valence-electron chi connectivity index (χ1n) is 6.30. The smallest absolute Gasteiger partial charge is 0.226 e. The molecule has 1 heterocycles. The summed E-state index contributed by atoms with van der Waals surface area (Å²) in [5.41, 5.74) is 1.33. The Hall–Kier alpha value is -2.69. The molecule has 2 aromatic carbocycles. The van der Waals surface area contributed by atoms with Gasteiger partial charge in [-0.1, -0.05) is 24.3 Å². The summed E-state index contributed by atoms with van der Waals surface area (Å²) in [5.74, 6) is -1.66. The number of ether oxygens (including phenoxy) is 1. The summed E-state index contributed by atoms with van der Waals surface area (Å²) in [6, 6.07) is 13.1. The Bertz CT molecular complexity index is 741. The van der Waals surface area contributed by atoms with Crippen LogP contribution in [0.15, 0.2) is 59.2 Å². The molecule has 3 aromatic rings. The van der Waals surface area contributed by atoms with Gasteiger partial charge in [0.15, 0.2) is 11.6 Å². The number of hydrogen-bond donors (Lipinski definition) is 0. The summed E-state index contributed by atoms with van der Waals surface area (Å²) in [4.78, 5) is 4.24. The molecule has 0 fully saturated rings. The van der Waals surface area contributed by atoms with Gasteiger partial charge < -0.3 is 9.15 Å². The number of hydrogen-bond acceptors (Lipinski definition) is 3. The van der Waals surface area contributed by atoms with Crippen LogP contribution in [0.25, 0.3) is 11.5 Å². The maximum Gasteiger partial charge on any atom is 0.226 e. The molecule has 0 aliphatic heterocycles. The molecule has 0 aliphatic rings. The zero-order chi connectivity index (χ0) is 14.7. The molecule has 0 unspecified atom stereocenters. The van der Waals surface area contributed by atoms with Crippen molar-refractivity contribution < 1.29 is 17.9 Å². The van der Waals surface area contributed by atoms with Crippen LogP contribution in [0.4, 0.5) is 8.78 Å². The second kappa shape index (κ2) is 5.75. The van der Waals surface area contributed by atoms with Crippen molar-refractivity contribution in [1.82, 2.24) is 4.98 Å². The van der Waals surface area contributed by atoms with Gasteiger partial charge in [-0.15, -0.1) is 0 Å². The molecule has 0 N–H and O–H groups in total. The predicted octanol–water partition coefficient (Wildman–Crippen LogP) is 4.20. The molecule has 106 valence electrons. The van der Waals surface area contributed by atoms with Crippen LogP contribution in [-0.4, -0.2) is 4.98 Å². The molecule has 0 radical (unpaired) electrons. The molecule has 1 aromatic heterocycles. The van der Waals surface area contributed by atoms with Gasteiger partial charge in [-0.2, -0.15) is 4.39 Å². The molecule has 3 nitrogen and oxygen atoms in total. The van der Waals surface area contributed by atoms with Crippen molar-refractivity contribution in [3.63, 3.8) is 0 Å². The first-order valence-corrected chi connectivity index (χ1v) is 6.30. The Morgan fingerprint density at radius 1 is 1.00 bits per heavy atom. The van der Waals surface area contributed by atoms with Crippen molar-refractivity contribution in [2.45, 2.75) is 6.61 Å². The Kier molecular flexibility index (Phi) is 3.64. The van der Waals surface area contributed by atoms with E-state index in [0.717, 1.165) is 11.6 Å². The lowest BCUT2D eigenvalue weighted by Gasteiger charge is -2.05. The summed E-state index contributed by atoms with van der Waals surface area (Å²) < 4.78 is 37.0. The highest BCUT2D eigenvalue weighted by molar-refractivity contribution is 5.52. The van der Waals surface area contributed by atoms with Gasteiger partial charge in [0, 0.05) is 5.56 Å². The first-order chi connectivity index (χ1) is 10.2. The normalized spacial score (nSPS) is 10.6. The van der Waals surface area contributed by atoms with E-state index in [4.69, 9.17) is 9.15 Å². The fourth-order valence-electron chi connectivity index (χ4n) is 1.83. The molecule has 0 saturated carbocycles. The Labute approximate surface area is 119 Å².